The minimum atomic E-state index is -0.0106. The van der Waals surface area contributed by atoms with E-state index in [9.17, 15) is 0 Å². The summed E-state index contributed by atoms with van der Waals surface area (Å²) in [5.74, 6) is 2.13. The van der Waals surface area contributed by atoms with Gasteiger partial charge in [-0.1, -0.05) is 5.16 Å². The van der Waals surface area contributed by atoms with Crippen molar-refractivity contribution < 1.29 is 9.26 Å². The monoisotopic (exact) mass is 278 g/mol. The molecule has 0 saturated carbocycles. The molecule has 4 heterocycles. The minimum Gasteiger partial charge on any atom is -0.367 e. The van der Waals surface area contributed by atoms with Crippen LogP contribution >= 0.6 is 0 Å². The maximum Gasteiger partial charge on any atom is 0.227 e. The Balaban J connectivity index is 1.39. The zero-order chi connectivity index (χ0) is 13.4. The molecule has 4 rings (SSSR count). The van der Waals surface area contributed by atoms with Crippen molar-refractivity contribution in [2.45, 2.75) is 37.8 Å². The Morgan fingerprint density at radius 3 is 3.25 bits per heavy atom. The molecule has 20 heavy (non-hydrogen) atoms. The lowest BCUT2D eigenvalue weighted by Gasteiger charge is -2.33. The number of fused-ring (bicyclic) bond motifs is 1. The molecule has 0 spiro atoms. The summed E-state index contributed by atoms with van der Waals surface area (Å²) in [4.78, 5) is 7.06. The van der Waals surface area contributed by atoms with Crippen LogP contribution in [0.15, 0.2) is 4.52 Å². The maximum atomic E-state index is 5.92. The van der Waals surface area contributed by atoms with Gasteiger partial charge in [-0.3, -0.25) is 4.90 Å². The Morgan fingerprint density at radius 1 is 1.35 bits per heavy atom. The summed E-state index contributed by atoms with van der Waals surface area (Å²) in [6, 6.07) is 0.613. The quantitative estimate of drug-likeness (QED) is 0.880. The summed E-state index contributed by atoms with van der Waals surface area (Å²) in [6.45, 7) is 5.07. The van der Waals surface area contributed by atoms with Crippen LogP contribution in [-0.4, -0.2) is 53.9 Å². The first-order chi connectivity index (χ1) is 9.88. The second kappa shape index (κ2) is 5.42. The fourth-order valence-corrected chi connectivity index (χ4v) is 3.59. The Labute approximate surface area is 118 Å². The van der Waals surface area contributed by atoms with Gasteiger partial charge >= 0.3 is 0 Å². The molecule has 3 fully saturated rings. The molecule has 3 unspecified atom stereocenters. The Morgan fingerprint density at radius 2 is 2.35 bits per heavy atom. The molecule has 0 aromatic carbocycles. The lowest BCUT2D eigenvalue weighted by atomic mass is 10.1. The Hall–Kier alpha value is -0.980. The molecule has 3 atom stereocenters. The largest absolute Gasteiger partial charge is 0.367 e. The maximum absolute atomic E-state index is 5.92. The van der Waals surface area contributed by atoms with Gasteiger partial charge in [-0.2, -0.15) is 4.98 Å². The third-order valence-corrected chi connectivity index (χ3v) is 4.79. The molecule has 3 aliphatic heterocycles. The van der Waals surface area contributed by atoms with Gasteiger partial charge in [0, 0.05) is 19.0 Å². The molecular weight excluding hydrogens is 256 g/mol. The first kappa shape index (κ1) is 12.7. The first-order valence-corrected chi connectivity index (χ1v) is 7.77. The van der Waals surface area contributed by atoms with E-state index in [4.69, 9.17) is 9.26 Å². The van der Waals surface area contributed by atoms with E-state index >= 15 is 0 Å². The van der Waals surface area contributed by atoms with Crippen molar-refractivity contribution in [3.05, 3.63) is 11.7 Å². The summed E-state index contributed by atoms with van der Waals surface area (Å²) < 4.78 is 11.3. The van der Waals surface area contributed by atoms with E-state index in [1.54, 1.807) is 0 Å². The number of nitrogens with zero attached hydrogens (tertiary/aromatic N) is 3. The van der Waals surface area contributed by atoms with Crippen molar-refractivity contribution in [2.24, 2.45) is 5.92 Å². The molecular formula is C14H22N4O2. The van der Waals surface area contributed by atoms with Crippen molar-refractivity contribution >= 4 is 0 Å². The first-order valence-electron chi connectivity index (χ1n) is 7.77. The van der Waals surface area contributed by atoms with Crippen LogP contribution in [-0.2, 0) is 11.2 Å². The highest BCUT2D eigenvalue weighted by Crippen LogP contribution is 2.29. The molecule has 1 N–H and O–H groups in total. The summed E-state index contributed by atoms with van der Waals surface area (Å²) in [5, 5.41) is 7.50. The molecule has 3 saturated heterocycles. The van der Waals surface area contributed by atoms with E-state index in [1.165, 1.54) is 25.8 Å². The number of rotatable bonds is 3. The Bertz CT molecular complexity index is 458. The molecule has 1 aromatic heterocycles. The number of ether oxygens (including phenoxy) is 1. The molecule has 0 aliphatic carbocycles. The second-order valence-corrected chi connectivity index (χ2v) is 6.22. The number of hydrogen-bond donors (Lipinski definition) is 1. The minimum absolute atomic E-state index is 0.0106. The molecule has 0 radical (unpaired) electrons. The van der Waals surface area contributed by atoms with Crippen molar-refractivity contribution in [1.82, 2.24) is 20.4 Å². The van der Waals surface area contributed by atoms with E-state index in [1.807, 2.05) is 0 Å². The standard InChI is InChI=1S/C14H22N4O2/c1-2-11-9-19-12(8-18(11)5-1)14-16-13(20-17-14)6-10-3-4-15-7-10/h10-12,15H,1-9H2. The summed E-state index contributed by atoms with van der Waals surface area (Å²) in [7, 11) is 0. The highest BCUT2D eigenvalue weighted by atomic mass is 16.5. The van der Waals surface area contributed by atoms with Crippen LogP contribution in [0.25, 0.3) is 0 Å². The van der Waals surface area contributed by atoms with Gasteiger partial charge in [-0.15, -0.1) is 0 Å². The van der Waals surface area contributed by atoms with Crippen LogP contribution in [0.1, 0.15) is 37.1 Å². The number of nitrogens with one attached hydrogen (secondary N) is 1. The van der Waals surface area contributed by atoms with Gasteiger partial charge < -0.3 is 14.6 Å². The van der Waals surface area contributed by atoms with Gasteiger partial charge in [-0.05, 0) is 44.8 Å². The van der Waals surface area contributed by atoms with Gasteiger partial charge in [-0.25, -0.2) is 0 Å². The van der Waals surface area contributed by atoms with E-state index in [0.717, 1.165) is 44.4 Å². The zero-order valence-corrected chi connectivity index (χ0v) is 11.8. The van der Waals surface area contributed by atoms with Gasteiger partial charge in [0.1, 0.15) is 6.10 Å². The summed E-state index contributed by atoms with van der Waals surface area (Å²) in [6.07, 6.45) is 4.63. The lowest BCUT2D eigenvalue weighted by Crippen LogP contribution is -2.42. The molecule has 0 bridgehead atoms. The van der Waals surface area contributed by atoms with E-state index in [0.29, 0.717) is 12.0 Å². The summed E-state index contributed by atoms with van der Waals surface area (Å²) >= 11 is 0. The SMILES string of the molecule is C1CC2COC(c3noc(CC4CCNC4)n3)CN2C1. The van der Waals surface area contributed by atoms with Gasteiger partial charge in [0.05, 0.1) is 6.61 Å². The third kappa shape index (κ3) is 2.47. The molecule has 6 heteroatoms. The van der Waals surface area contributed by atoms with Crippen LogP contribution < -0.4 is 5.32 Å². The fourth-order valence-electron chi connectivity index (χ4n) is 3.59. The van der Waals surface area contributed by atoms with Crippen molar-refractivity contribution in [1.29, 1.82) is 0 Å². The molecule has 0 amide bonds. The van der Waals surface area contributed by atoms with Crippen LogP contribution in [0.5, 0.6) is 0 Å². The van der Waals surface area contributed by atoms with E-state index in [-0.39, 0.29) is 6.10 Å². The molecule has 1 aromatic rings. The number of hydrogen-bond acceptors (Lipinski definition) is 6. The predicted molar refractivity (Wildman–Crippen MR) is 72.3 cm³/mol. The average molecular weight is 278 g/mol. The van der Waals surface area contributed by atoms with Crippen molar-refractivity contribution in [2.75, 3.05) is 32.8 Å². The molecule has 110 valence electrons. The average Bonchev–Trinajstić information content (AvgIpc) is 3.19. The van der Waals surface area contributed by atoms with Gasteiger partial charge in [0.2, 0.25) is 11.7 Å². The Kier molecular flexibility index (Phi) is 3.45. The van der Waals surface area contributed by atoms with Crippen molar-refractivity contribution in [3.8, 4) is 0 Å². The van der Waals surface area contributed by atoms with Crippen LogP contribution in [0.2, 0.25) is 0 Å². The predicted octanol–water partition coefficient (Wildman–Crippen LogP) is 0.757. The summed E-state index contributed by atoms with van der Waals surface area (Å²) in [5.41, 5.74) is 0. The van der Waals surface area contributed by atoms with E-state index < -0.39 is 0 Å². The highest BCUT2D eigenvalue weighted by Gasteiger charge is 2.35. The van der Waals surface area contributed by atoms with Crippen molar-refractivity contribution in [3.63, 3.8) is 0 Å². The van der Waals surface area contributed by atoms with Gasteiger partial charge in [0.15, 0.2) is 0 Å². The van der Waals surface area contributed by atoms with Crippen LogP contribution in [0.3, 0.4) is 0 Å². The smallest absolute Gasteiger partial charge is 0.227 e. The van der Waals surface area contributed by atoms with Crippen LogP contribution in [0.4, 0.5) is 0 Å². The molecule has 3 aliphatic rings. The third-order valence-electron chi connectivity index (χ3n) is 4.79. The number of morpholine rings is 1. The fraction of sp³-hybridized carbons (Fsp3) is 0.857. The normalized spacial score (nSPS) is 34.5. The van der Waals surface area contributed by atoms with Gasteiger partial charge in [0.25, 0.3) is 0 Å². The number of aromatic nitrogens is 2. The van der Waals surface area contributed by atoms with Crippen LogP contribution in [0, 0.1) is 5.92 Å². The highest BCUT2D eigenvalue weighted by molar-refractivity contribution is 4.98. The zero-order valence-electron chi connectivity index (χ0n) is 11.8. The molecule has 6 nitrogen and oxygen atoms in total. The van der Waals surface area contributed by atoms with E-state index in [2.05, 4.69) is 20.4 Å². The second-order valence-electron chi connectivity index (χ2n) is 6.22. The topological polar surface area (TPSA) is 63.4 Å². The lowest BCUT2D eigenvalue weighted by molar-refractivity contribution is -0.0548.